The maximum absolute atomic E-state index is 4.39. The van der Waals surface area contributed by atoms with Crippen LogP contribution in [-0.2, 0) is 6.54 Å². The van der Waals surface area contributed by atoms with Gasteiger partial charge in [-0.25, -0.2) is 4.98 Å². The Kier molecular flexibility index (Phi) is 6.42. The highest BCUT2D eigenvalue weighted by Crippen LogP contribution is 2.24. The third-order valence-corrected chi connectivity index (χ3v) is 5.44. The van der Waals surface area contributed by atoms with E-state index in [0.717, 1.165) is 17.5 Å². The highest BCUT2D eigenvalue weighted by molar-refractivity contribution is 7.11. The first kappa shape index (κ1) is 17.9. The van der Waals surface area contributed by atoms with E-state index >= 15 is 0 Å². The number of likely N-dealkylation sites (tertiary alicyclic amines) is 1. The molecular formula is C19H27N5S. The number of hydrogen-bond acceptors (Lipinski definition) is 4. The highest BCUT2D eigenvalue weighted by Gasteiger charge is 2.23. The summed E-state index contributed by atoms with van der Waals surface area (Å²) in [6.07, 6.45) is 4.50. The molecule has 1 atom stereocenters. The molecule has 0 amide bonds. The fourth-order valence-corrected chi connectivity index (χ4v) is 3.97. The van der Waals surface area contributed by atoms with Crippen LogP contribution in [0.3, 0.4) is 0 Å². The second-order valence-corrected chi connectivity index (χ2v) is 7.66. The first-order valence-corrected chi connectivity index (χ1v) is 9.72. The van der Waals surface area contributed by atoms with Gasteiger partial charge in [0.15, 0.2) is 5.96 Å². The van der Waals surface area contributed by atoms with Crippen LogP contribution in [0.2, 0.25) is 0 Å². The summed E-state index contributed by atoms with van der Waals surface area (Å²) < 4.78 is 0. The fourth-order valence-electron chi connectivity index (χ4n) is 3.24. The van der Waals surface area contributed by atoms with Gasteiger partial charge in [-0.05, 0) is 38.4 Å². The first-order chi connectivity index (χ1) is 12.3. The molecule has 2 aromatic rings. The highest BCUT2D eigenvalue weighted by atomic mass is 32.1. The lowest BCUT2D eigenvalue weighted by atomic mass is 10.1. The van der Waals surface area contributed by atoms with E-state index in [1.165, 1.54) is 36.4 Å². The lowest BCUT2D eigenvalue weighted by molar-refractivity contribution is 0.245. The summed E-state index contributed by atoms with van der Waals surface area (Å²) in [6.45, 7) is 5.98. The fraction of sp³-hybridized carbons (Fsp3) is 0.474. The molecule has 0 spiro atoms. The number of aryl methyl sites for hydroxylation is 1. The lowest BCUT2D eigenvalue weighted by Gasteiger charge is -2.28. The summed E-state index contributed by atoms with van der Waals surface area (Å²) >= 11 is 1.72. The van der Waals surface area contributed by atoms with E-state index in [1.807, 2.05) is 13.2 Å². The van der Waals surface area contributed by atoms with Crippen molar-refractivity contribution in [2.75, 3.05) is 26.7 Å². The molecule has 0 radical (unpaired) electrons. The minimum absolute atomic E-state index is 0.379. The first-order valence-electron chi connectivity index (χ1n) is 8.91. The van der Waals surface area contributed by atoms with Gasteiger partial charge in [0, 0.05) is 24.7 Å². The molecular weight excluding hydrogens is 330 g/mol. The van der Waals surface area contributed by atoms with E-state index in [-0.39, 0.29) is 0 Å². The van der Waals surface area contributed by atoms with Gasteiger partial charge in [0.05, 0.1) is 12.6 Å². The third-order valence-electron chi connectivity index (χ3n) is 4.53. The summed E-state index contributed by atoms with van der Waals surface area (Å²) in [5.41, 5.74) is 1.36. The van der Waals surface area contributed by atoms with Crippen LogP contribution in [0, 0.1) is 6.92 Å². The topological polar surface area (TPSA) is 52.6 Å². The van der Waals surface area contributed by atoms with E-state index in [2.05, 4.69) is 62.8 Å². The van der Waals surface area contributed by atoms with Gasteiger partial charge in [-0.2, -0.15) is 0 Å². The molecule has 0 saturated carbocycles. The molecule has 0 aliphatic carbocycles. The van der Waals surface area contributed by atoms with E-state index < -0.39 is 0 Å². The smallest absolute Gasteiger partial charge is 0.191 e. The van der Waals surface area contributed by atoms with Gasteiger partial charge in [0.1, 0.15) is 5.01 Å². The average Bonchev–Trinajstić information content (AvgIpc) is 3.31. The van der Waals surface area contributed by atoms with E-state index in [4.69, 9.17) is 0 Å². The van der Waals surface area contributed by atoms with Crippen molar-refractivity contribution < 1.29 is 0 Å². The molecule has 1 fully saturated rings. The summed E-state index contributed by atoms with van der Waals surface area (Å²) in [6, 6.07) is 11.1. The second kappa shape index (κ2) is 8.97. The van der Waals surface area contributed by atoms with Crippen LogP contribution < -0.4 is 10.6 Å². The maximum atomic E-state index is 4.39. The van der Waals surface area contributed by atoms with Gasteiger partial charge in [-0.3, -0.25) is 9.89 Å². The Morgan fingerprint density at radius 1 is 1.24 bits per heavy atom. The number of thiazole rings is 1. The molecule has 1 aliphatic heterocycles. The predicted molar refractivity (Wildman–Crippen MR) is 105 cm³/mol. The Labute approximate surface area is 154 Å². The van der Waals surface area contributed by atoms with Crippen LogP contribution in [0.25, 0.3) is 0 Å². The summed E-state index contributed by atoms with van der Waals surface area (Å²) in [7, 11) is 1.82. The normalized spacial score (nSPS) is 16.8. The summed E-state index contributed by atoms with van der Waals surface area (Å²) in [4.78, 5) is 12.6. The van der Waals surface area contributed by atoms with Crippen molar-refractivity contribution in [2.45, 2.75) is 32.4 Å². The van der Waals surface area contributed by atoms with E-state index in [9.17, 15) is 0 Å². The zero-order valence-electron chi connectivity index (χ0n) is 15.0. The van der Waals surface area contributed by atoms with Crippen molar-refractivity contribution in [3.05, 3.63) is 52.0 Å². The van der Waals surface area contributed by atoms with Gasteiger partial charge >= 0.3 is 0 Å². The number of benzene rings is 1. The monoisotopic (exact) mass is 357 g/mol. The van der Waals surface area contributed by atoms with Crippen molar-refractivity contribution >= 4 is 17.3 Å². The van der Waals surface area contributed by atoms with Gasteiger partial charge < -0.3 is 10.6 Å². The molecule has 5 nitrogen and oxygen atoms in total. The molecule has 1 aliphatic rings. The zero-order chi connectivity index (χ0) is 17.5. The molecule has 134 valence electrons. The third kappa shape index (κ3) is 5.03. The van der Waals surface area contributed by atoms with Crippen LogP contribution in [0.15, 0.2) is 41.5 Å². The number of aromatic nitrogens is 1. The number of rotatable bonds is 6. The second-order valence-electron chi connectivity index (χ2n) is 6.34. The number of nitrogens with one attached hydrogen (secondary N) is 2. The molecule has 1 aromatic carbocycles. The van der Waals surface area contributed by atoms with Crippen LogP contribution >= 0.6 is 11.3 Å². The lowest BCUT2D eigenvalue weighted by Crippen LogP contribution is -2.42. The molecule has 1 unspecified atom stereocenters. The van der Waals surface area contributed by atoms with Crippen LogP contribution in [0.5, 0.6) is 0 Å². The van der Waals surface area contributed by atoms with Crippen LogP contribution in [0.4, 0.5) is 0 Å². The van der Waals surface area contributed by atoms with Gasteiger partial charge in [0.2, 0.25) is 0 Å². The molecule has 1 aromatic heterocycles. The molecule has 2 heterocycles. The number of hydrogen-bond donors (Lipinski definition) is 2. The molecule has 3 rings (SSSR count). The van der Waals surface area contributed by atoms with Crippen molar-refractivity contribution in [1.29, 1.82) is 0 Å². The Bertz CT molecular complexity index is 676. The maximum Gasteiger partial charge on any atom is 0.191 e. The summed E-state index contributed by atoms with van der Waals surface area (Å²) in [5, 5.41) is 7.94. The van der Waals surface area contributed by atoms with E-state index in [1.54, 1.807) is 11.3 Å². The Hall–Kier alpha value is -1.92. The Morgan fingerprint density at radius 2 is 2.00 bits per heavy atom. The van der Waals surface area contributed by atoms with Crippen molar-refractivity contribution in [2.24, 2.45) is 4.99 Å². The predicted octanol–water partition coefficient (Wildman–Crippen LogP) is 2.95. The SMILES string of the molecule is CN=C(NCc1ncc(C)s1)NCC(c1ccccc1)N1CCCC1. The van der Waals surface area contributed by atoms with Crippen molar-refractivity contribution in [1.82, 2.24) is 20.5 Å². The quantitative estimate of drug-likeness (QED) is 0.616. The van der Waals surface area contributed by atoms with Crippen LogP contribution in [0.1, 0.15) is 34.3 Å². The average molecular weight is 358 g/mol. The summed E-state index contributed by atoms with van der Waals surface area (Å²) in [5.74, 6) is 0.827. The molecule has 0 bridgehead atoms. The van der Waals surface area contributed by atoms with E-state index in [0.29, 0.717) is 12.6 Å². The standard InChI is InChI=1S/C19H27N5S/c1-15-12-21-18(25-15)14-23-19(20-2)22-13-17(24-10-6-7-11-24)16-8-4-3-5-9-16/h3-5,8-9,12,17H,6-7,10-11,13-14H2,1-2H3,(H2,20,22,23). The molecule has 25 heavy (non-hydrogen) atoms. The zero-order valence-corrected chi connectivity index (χ0v) is 15.9. The van der Waals surface area contributed by atoms with Gasteiger partial charge in [0.25, 0.3) is 0 Å². The number of nitrogens with zero attached hydrogens (tertiary/aromatic N) is 3. The van der Waals surface area contributed by atoms with Gasteiger partial charge in [-0.15, -0.1) is 11.3 Å². The minimum atomic E-state index is 0.379. The molecule has 6 heteroatoms. The number of guanidine groups is 1. The number of aliphatic imine (C=N–C) groups is 1. The molecule has 2 N–H and O–H groups in total. The van der Waals surface area contributed by atoms with Gasteiger partial charge in [-0.1, -0.05) is 30.3 Å². The largest absolute Gasteiger partial charge is 0.354 e. The van der Waals surface area contributed by atoms with Crippen LogP contribution in [-0.4, -0.2) is 42.5 Å². The minimum Gasteiger partial charge on any atom is -0.354 e. The Morgan fingerprint density at radius 3 is 2.64 bits per heavy atom. The van der Waals surface area contributed by atoms with Crippen molar-refractivity contribution in [3.8, 4) is 0 Å². The Balaban J connectivity index is 1.59. The van der Waals surface area contributed by atoms with Crippen molar-refractivity contribution in [3.63, 3.8) is 0 Å². The molecule has 1 saturated heterocycles.